The molecule has 34 heavy (non-hydrogen) atoms. The van der Waals surface area contributed by atoms with Gasteiger partial charge in [0.15, 0.2) is 6.29 Å². The Labute approximate surface area is 209 Å². The lowest BCUT2D eigenvalue weighted by molar-refractivity contribution is -0.164. The third-order valence-corrected chi connectivity index (χ3v) is 6.65. The Kier molecular flexibility index (Phi) is 9.23. The van der Waals surface area contributed by atoms with Gasteiger partial charge in [0.25, 0.3) is 5.91 Å². The number of likely N-dealkylation sites (N-methyl/N-ethyl adjacent to an activating group) is 1. The van der Waals surface area contributed by atoms with Gasteiger partial charge in [-0.25, -0.2) is 0 Å². The molecule has 2 bridgehead atoms. The number of halogens is 2. The fourth-order valence-electron chi connectivity index (χ4n) is 4.34. The van der Waals surface area contributed by atoms with Gasteiger partial charge in [-0.1, -0.05) is 37.0 Å². The number of carbonyl (C=O) groups is 3. The lowest BCUT2D eigenvalue weighted by Gasteiger charge is -2.43. The van der Waals surface area contributed by atoms with Crippen molar-refractivity contribution in [1.29, 1.82) is 0 Å². The molecule has 4 atom stereocenters. The van der Waals surface area contributed by atoms with E-state index in [1.54, 1.807) is 18.0 Å². The Bertz CT molecular complexity index is 921. The molecule has 2 amide bonds. The van der Waals surface area contributed by atoms with E-state index in [0.29, 0.717) is 24.3 Å². The molecule has 2 fully saturated rings. The van der Waals surface area contributed by atoms with E-state index in [4.69, 9.17) is 32.5 Å². The van der Waals surface area contributed by atoms with E-state index in [1.807, 2.05) is 13.8 Å². The van der Waals surface area contributed by atoms with E-state index in [1.165, 1.54) is 12.1 Å². The summed E-state index contributed by atoms with van der Waals surface area (Å²) in [6.45, 7) is 3.56. The number of hydrogen-bond donors (Lipinski definition) is 3. The summed E-state index contributed by atoms with van der Waals surface area (Å²) >= 11 is 12.0. The first-order valence-corrected chi connectivity index (χ1v) is 12.1. The number of nitrogens with zero attached hydrogens (tertiary/aromatic N) is 1. The van der Waals surface area contributed by atoms with Crippen LogP contribution in [0.15, 0.2) is 18.2 Å². The highest BCUT2D eigenvalue weighted by Gasteiger charge is 2.46. The second-order valence-electron chi connectivity index (χ2n) is 9.12. The van der Waals surface area contributed by atoms with Crippen LogP contribution in [0.5, 0.6) is 0 Å². The van der Waals surface area contributed by atoms with E-state index in [9.17, 15) is 19.5 Å². The van der Waals surface area contributed by atoms with Gasteiger partial charge in [0.2, 0.25) is 5.91 Å². The molecule has 3 rings (SSSR count). The molecular weight excluding hydrogens is 484 g/mol. The number of hydrogen-bond acceptors (Lipinski definition) is 7. The second kappa shape index (κ2) is 11.7. The van der Waals surface area contributed by atoms with Crippen molar-refractivity contribution in [3.8, 4) is 0 Å². The molecule has 186 valence electrons. The first kappa shape index (κ1) is 26.8. The topological polar surface area (TPSA) is 117 Å². The molecule has 0 radical (unpaired) electrons. The summed E-state index contributed by atoms with van der Waals surface area (Å²) in [7, 11) is 0.606. The van der Waals surface area contributed by atoms with Crippen molar-refractivity contribution in [2.45, 2.75) is 63.8 Å². The lowest BCUT2D eigenvalue weighted by atomic mass is 9.72. The second-order valence-corrected chi connectivity index (χ2v) is 9.97. The number of nitrogens with one attached hydrogen (secondary N) is 2. The van der Waals surface area contributed by atoms with E-state index in [2.05, 4.69) is 10.6 Å². The highest BCUT2D eigenvalue weighted by Crippen LogP contribution is 2.28. The molecule has 1 aromatic carbocycles. The van der Waals surface area contributed by atoms with Crippen LogP contribution in [0.1, 0.15) is 49.9 Å². The largest absolute Gasteiger partial charge is 0.553 e. The highest BCUT2D eigenvalue weighted by molar-refractivity contribution is 6.49. The Morgan fingerprint density at radius 2 is 2.03 bits per heavy atom. The van der Waals surface area contributed by atoms with Gasteiger partial charge in [-0.3, -0.25) is 19.3 Å². The monoisotopic (exact) mass is 513 g/mol. The highest BCUT2D eigenvalue weighted by atomic mass is 35.5. The molecule has 0 spiro atoms. The van der Waals surface area contributed by atoms with Crippen LogP contribution in [-0.2, 0) is 18.9 Å². The Morgan fingerprint density at radius 1 is 1.29 bits per heavy atom. The number of rotatable bonds is 7. The number of aliphatic hydroxyl groups excluding tert-OH is 1. The first-order valence-electron chi connectivity index (χ1n) is 11.4. The smallest absolute Gasteiger partial charge is 0.507 e. The average Bonchev–Trinajstić information content (AvgIpc) is 2.77. The zero-order valence-electron chi connectivity index (χ0n) is 19.4. The molecular formula is C22H30BCl2N3O6. The van der Waals surface area contributed by atoms with Crippen LogP contribution in [-0.4, -0.2) is 72.8 Å². The summed E-state index contributed by atoms with van der Waals surface area (Å²) in [6, 6.07) is 3.65. The molecule has 12 heteroatoms. The van der Waals surface area contributed by atoms with Gasteiger partial charge >= 0.3 is 13.1 Å². The predicted octanol–water partition coefficient (Wildman–Crippen LogP) is 2.03. The number of piperidine rings is 1. The third kappa shape index (κ3) is 6.63. The maximum atomic E-state index is 12.8. The zero-order valence-corrected chi connectivity index (χ0v) is 20.9. The molecule has 2 aliphatic rings. The zero-order chi connectivity index (χ0) is 25.0. The summed E-state index contributed by atoms with van der Waals surface area (Å²) in [5.41, 5.74) is 0.150. The van der Waals surface area contributed by atoms with Crippen molar-refractivity contribution in [1.82, 2.24) is 15.5 Å². The Hall–Kier alpha value is -1.85. The molecule has 2 aliphatic heterocycles. The van der Waals surface area contributed by atoms with Gasteiger partial charge in [-0.2, -0.15) is 0 Å². The van der Waals surface area contributed by atoms with Crippen molar-refractivity contribution >= 4 is 48.1 Å². The number of amides is 2. The quantitative estimate of drug-likeness (QED) is 0.477. The predicted molar refractivity (Wildman–Crippen MR) is 128 cm³/mol. The SMILES string of the molecule is CC(C)C[C@H](NC(=O)CNC(=O)c1cc(Cl)ccc1Cl)B1OC(=O)[C@@H]2CCC[C@H](C(O)O1)N2C. The first-order chi connectivity index (χ1) is 16.1. The molecule has 1 unspecified atom stereocenters. The van der Waals surface area contributed by atoms with Gasteiger partial charge in [0.1, 0.15) is 6.04 Å². The van der Waals surface area contributed by atoms with Crippen LogP contribution in [0.2, 0.25) is 10.0 Å². The van der Waals surface area contributed by atoms with E-state index >= 15 is 0 Å². The summed E-state index contributed by atoms with van der Waals surface area (Å²) in [5, 5.41) is 16.5. The minimum absolute atomic E-state index is 0.122. The fourth-order valence-corrected chi connectivity index (χ4v) is 4.72. The summed E-state index contributed by atoms with van der Waals surface area (Å²) in [4.78, 5) is 39.7. The molecule has 2 saturated heterocycles. The van der Waals surface area contributed by atoms with Crippen LogP contribution >= 0.6 is 23.2 Å². The van der Waals surface area contributed by atoms with Crippen molar-refractivity contribution < 1.29 is 28.8 Å². The Balaban J connectivity index is 1.67. The Morgan fingerprint density at radius 3 is 2.74 bits per heavy atom. The number of fused-ring (bicyclic) bond motifs is 2. The van der Waals surface area contributed by atoms with E-state index in [0.717, 1.165) is 6.42 Å². The van der Waals surface area contributed by atoms with Crippen molar-refractivity contribution in [3.63, 3.8) is 0 Å². The van der Waals surface area contributed by atoms with Gasteiger partial charge in [0.05, 0.1) is 29.1 Å². The molecule has 0 aromatic heterocycles. The number of carbonyl (C=O) groups excluding carboxylic acids is 3. The standard InChI is InChI=1S/C22H30BCl2N3O6/c1-12(2)9-18(23-33-21(31)16-5-4-6-17(28(16)3)22(32)34-23)27-19(29)11-26-20(30)14-10-13(24)7-8-15(14)25/h7-8,10,12,16-18,21,31H,4-6,9,11H2,1-3H3,(H,26,30)(H,27,29)/t16-,17+,18+,21?/m1/s1. The minimum atomic E-state index is -1.18. The molecule has 0 saturated carbocycles. The summed E-state index contributed by atoms with van der Waals surface area (Å²) in [5.74, 6) is -2.11. The van der Waals surface area contributed by atoms with E-state index in [-0.39, 0.29) is 29.1 Å². The molecule has 1 aromatic rings. The van der Waals surface area contributed by atoms with Gasteiger partial charge in [0, 0.05) is 5.02 Å². The molecule has 3 N–H and O–H groups in total. The minimum Gasteiger partial charge on any atom is -0.507 e. The van der Waals surface area contributed by atoms with Crippen LogP contribution < -0.4 is 10.6 Å². The van der Waals surface area contributed by atoms with Crippen molar-refractivity contribution in [2.24, 2.45) is 5.92 Å². The third-order valence-electron chi connectivity index (χ3n) is 6.08. The molecule has 0 aliphatic carbocycles. The maximum Gasteiger partial charge on any atom is 0.553 e. The van der Waals surface area contributed by atoms with Gasteiger partial charge in [-0.15, -0.1) is 0 Å². The molecule has 9 nitrogen and oxygen atoms in total. The normalized spacial score (nSPS) is 24.1. The van der Waals surface area contributed by atoms with Crippen molar-refractivity contribution in [2.75, 3.05) is 13.6 Å². The maximum absolute atomic E-state index is 12.8. The van der Waals surface area contributed by atoms with Crippen LogP contribution in [0.4, 0.5) is 0 Å². The van der Waals surface area contributed by atoms with Gasteiger partial charge in [-0.05, 0) is 56.8 Å². The van der Waals surface area contributed by atoms with Crippen LogP contribution in [0, 0.1) is 5.92 Å². The summed E-state index contributed by atoms with van der Waals surface area (Å²) in [6.07, 6.45) is 1.35. The van der Waals surface area contributed by atoms with Crippen LogP contribution in [0.25, 0.3) is 0 Å². The number of aliphatic hydroxyl groups is 1. The number of benzene rings is 1. The van der Waals surface area contributed by atoms with E-state index < -0.39 is 43.2 Å². The van der Waals surface area contributed by atoms with Crippen LogP contribution in [0.3, 0.4) is 0 Å². The lowest BCUT2D eigenvalue weighted by Crippen LogP contribution is -2.62. The fraction of sp³-hybridized carbons (Fsp3) is 0.591. The van der Waals surface area contributed by atoms with Gasteiger partial charge < -0.3 is 25.0 Å². The average molecular weight is 514 g/mol. The summed E-state index contributed by atoms with van der Waals surface area (Å²) < 4.78 is 11.4. The van der Waals surface area contributed by atoms with Crippen molar-refractivity contribution in [3.05, 3.63) is 33.8 Å². The molecule has 2 heterocycles.